The van der Waals surface area contributed by atoms with Crippen molar-refractivity contribution in [2.24, 2.45) is 0 Å². The first-order valence-corrected chi connectivity index (χ1v) is 8.55. The van der Waals surface area contributed by atoms with Crippen LogP contribution in [0.4, 0.5) is 5.88 Å². The molecule has 1 N–H and O–H groups in total. The van der Waals surface area contributed by atoms with Gasteiger partial charge in [-0.2, -0.15) is 0 Å². The van der Waals surface area contributed by atoms with Crippen LogP contribution in [-0.2, 0) is 16.8 Å². The number of halogens is 1. The Hall–Kier alpha value is -1.18. The number of anilines is 1. The van der Waals surface area contributed by atoms with E-state index in [-0.39, 0.29) is 11.3 Å². The van der Waals surface area contributed by atoms with Crippen molar-refractivity contribution in [3.05, 3.63) is 32.6 Å². The molecule has 2 heterocycles. The van der Waals surface area contributed by atoms with Gasteiger partial charge >= 0.3 is 0 Å². The molecular weight excluding hydrogens is 366 g/mol. The lowest BCUT2D eigenvalue weighted by Gasteiger charge is -2.14. The standard InChI is InChI=1S/C15H20BrN3O2S/c1-15(2,3)11-7-14(21-18-11)17-13(20)9-19(4)8-10-5-6-12(16)22-10/h5-7H,8-9H2,1-4H3,(H,17,20). The summed E-state index contributed by atoms with van der Waals surface area (Å²) in [7, 11) is 1.91. The summed E-state index contributed by atoms with van der Waals surface area (Å²) in [5, 5.41) is 6.72. The van der Waals surface area contributed by atoms with Crippen molar-refractivity contribution in [2.45, 2.75) is 32.7 Å². The maximum absolute atomic E-state index is 12.0. The third-order valence-corrected chi connectivity index (χ3v) is 4.62. The fraction of sp³-hybridized carbons (Fsp3) is 0.467. The van der Waals surface area contributed by atoms with Gasteiger partial charge in [-0.25, -0.2) is 0 Å². The summed E-state index contributed by atoms with van der Waals surface area (Å²) in [6, 6.07) is 5.83. The number of rotatable bonds is 5. The average molecular weight is 386 g/mol. The summed E-state index contributed by atoms with van der Waals surface area (Å²) in [6.07, 6.45) is 0. The number of amides is 1. The van der Waals surface area contributed by atoms with Crippen molar-refractivity contribution < 1.29 is 9.32 Å². The van der Waals surface area contributed by atoms with E-state index in [2.05, 4.69) is 32.5 Å². The Morgan fingerprint density at radius 3 is 2.73 bits per heavy atom. The number of likely N-dealkylation sites (N-methyl/N-ethyl adjacent to an activating group) is 1. The third-order valence-electron chi connectivity index (χ3n) is 3.01. The van der Waals surface area contributed by atoms with E-state index in [1.54, 1.807) is 17.4 Å². The molecule has 0 radical (unpaired) electrons. The van der Waals surface area contributed by atoms with E-state index in [0.717, 1.165) is 16.0 Å². The summed E-state index contributed by atoms with van der Waals surface area (Å²) >= 11 is 5.10. The van der Waals surface area contributed by atoms with Gasteiger partial charge in [-0.1, -0.05) is 25.9 Å². The van der Waals surface area contributed by atoms with Crippen molar-refractivity contribution in [3.8, 4) is 0 Å². The lowest BCUT2D eigenvalue weighted by Crippen LogP contribution is -2.29. The van der Waals surface area contributed by atoms with Crippen LogP contribution in [0.1, 0.15) is 31.3 Å². The van der Waals surface area contributed by atoms with E-state index in [9.17, 15) is 4.79 Å². The van der Waals surface area contributed by atoms with Gasteiger partial charge in [0, 0.05) is 22.9 Å². The van der Waals surface area contributed by atoms with Crippen LogP contribution in [0, 0.1) is 0 Å². The predicted octanol–water partition coefficient (Wildman–Crippen LogP) is 3.87. The number of carbonyl (C=O) groups excluding carboxylic acids is 1. The largest absolute Gasteiger partial charge is 0.338 e. The van der Waals surface area contributed by atoms with Crippen LogP contribution in [-0.4, -0.2) is 29.6 Å². The zero-order chi connectivity index (χ0) is 16.3. The molecule has 2 aromatic heterocycles. The molecule has 0 unspecified atom stereocenters. The molecule has 5 nitrogen and oxygen atoms in total. The van der Waals surface area contributed by atoms with E-state index >= 15 is 0 Å². The first-order valence-electron chi connectivity index (χ1n) is 6.94. The Morgan fingerprint density at radius 1 is 1.45 bits per heavy atom. The van der Waals surface area contributed by atoms with Crippen molar-refractivity contribution in [3.63, 3.8) is 0 Å². The highest BCUT2D eigenvalue weighted by Crippen LogP contribution is 2.24. The number of aromatic nitrogens is 1. The molecule has 0 spiro atoms. The van der Waals surface area contributed by atoms with E-state index in [1.807, 2.05) is 38.8 Å². The molecule has 0 saturated heterocycles. The van der Waals surface area contributed by atoms with Gasteiger partial charge in [-0.05, 0) is 35.1 Å². The minimum absolute atomic E-state index is 0.101. The molecule has 0 saturated carbocycles. The monoisotopic (exact) mass is 385 g/mol. The maximum Gasteiger partial charge on any atom is 0.240 e. The summed E-state index contributed by atoms with van der Waals surface area (Å²) < 4.78 is 6.25. The highest BCUT2D eigenvalue weighted by Gasteiger charge is 2.20. The van der Waals surface area contributed by atoms with Crippen LogP contribution in [0.3, 0.4) is 0 Å². The molecule has 1 amide bonds. The first kappa shape index (κ1) is 17.2. The Morgan fingerprint density at radius 2 is 2.18 bits per heavy atom. The van der Waals surface area contributed by atoms with Gasteiger partial charge in [0.2, 0.25) is 11.8 Å². The van der Waals surface area contributed by atoms with Crippen LogP contribution in [0.25, 0.3) is 0 Å². The summed E-state index contributed by atoms with van der Waals surface area (Å²) in [5.74, 6) is 0.275. The number of nitrogens with zero attached hydrogens (tertiary/aromatic N) is 2. The van der Waals surface area contributed by atoms with Gasteiger partial charge in [0.25, 0.3) is 0 Å². The van der Waals surface area contributed by atoms with Crippen molar-refractivity contribution >= 4 is 39.1 Å². The summed E-state index contributed by atoms with van der Waals surface area (Å²) in [4.78, 5) is 15.2. The first-order chi connectivity index (χ1) is 10.2. The third kappa shape index (κ3) is 4.93. The van der Waals surface area contributed by atoms with Crippen LogP contribution >= 0.6 is 27.3 Å². The molecule has 7 heteroatoms. The van der Waals surface area contributed by atoms with Gasteiger partial charge in [0.15, 0.2) is 0 Å². The predicted molar refractivity (Wildman–Crippen MR) is 92.2 cm³/mol. The molecule has 0 aromatic carbocycles. The molecule has 2 aromatic rings. The van der Waals surface area contributed by atoms with Crippen LogP contribution in [0.15, 0.2) is 26.5 Å². The van der Waals surface area contributed by atoms with Crippen LogP contribution in [0.2, 0.25) is 0 Å². The van der Waals surface area contributed by atoms with Gasteiger partial charge in [0.1, 0.15) is 0 Å². The molecule has 22 heavy (non-hydrogen) atoms. The van der Waals surface area contributed by atoms with Gasteiger partial charge in [-0.3, -0.25) is 15.0 Å². The number of carbonyl (C=O) groups is 1. The van der Waals surface area contributed by atoms with E-state index in [0.29, 0.717) is 12.4 Å². The van der Waals surface area contributed by atoms with Crippen molar-refractivity contribution in [2.75, 3.05) is 18.9 Å². The smallest absolute Gasteiger partial charge is 0.240 e. The topological polar surface area (TPSA) is 58.4 Å². The van der Waals surface area contributed by atoms with Crippen LogP contribution in [0.5, 0.6) is 0 Å². The number of hydrogen-bond donors (Lipinski definition) is 1. The molecule has 0 aliphatic carbocycles. The van der Waals surface area contributed by atoms with Gasteiger partial charge < -0.3 is 4.52 Å². The highest BCUT2D eigenvalue weighted by atomic mass is 79.9. The van der Waals surface area contributed by atoms with Crippen molar-refractivity contribution in [1.29, 1.82) is 0 Å². The maximum atomic E-state index is 12.0. The fourth-order valence-electron chi connectivity index (χ4n) is 1.87. The molecule has 0 aliphatic rings. The van der Waals surface area contributed by atoms with E-state index in [4.69, 9.17) is 4.52 Å². The fourth-order valence-corrected chi connectivity index (χ4v) is 3.43. The minimum atomic E-state index is -0.116. The van der Waals surface area contributed by atoms with Gasteiger partial charge in [0.05, 0.1) is 16.0 Å². The Bertz CT molecular complexity index is 645. The Kier molecular flexibility index (Phi) is 5.41. The summed E-state index contributed by atoms with van der Waals surface area (Å²) in [6.45, 7) is 7.16. The summed E-state index contributed by atoms with van der Waals surface area (Å²) in [5.41, 5.74) is 0.718. The quantitative estimate of drug-likeness (QED) is 0.848. The SMILES string of the molecule is CN(CC(=O)Nc1cc(C(C)(C)C)no1)Cc1ccc(Br)s1. The zero-order valence-electron chi connectivity index (χ0n) is 13.1. The number of thiophene rings is 1. The molecule has 0 bridgehead atoms. The Labute approximate surface area is 142 Å². The number of hydrogen-bond acceptors (Lipinski definition) is 5. The second-order valence-corrected chi connectivity index (χ2v) is 8.80. The lowest BCUT2D eigenvalue weighted by atomic mass is 9.92. The minimum Gasteiger partial charge on any atom is -0.338 e. The van der Waals surface area contributed by atoms with E-state index < -0.39 is 0 Å². The van der Waals surface area contributed by atoms with E-state index in [1.165, 1.54) is 4.88 Å². The zero-order valence-corrected chi connectivity index (χ0v) is 15.5. The average Bonchev–Trinajstić information content (AvgIpc) is 2.97. The molecule has 120 valence electrons. The normalized spacial score (nSPS) is 11.9. The molecule has 0 atom stereocenters. The number of nitrogens with one attached hydrogen (secondary N) is 1. The highest BCUT2D eigenvalue weighted by molar-refractivity contribution is 9.11. The second-order valence-electron chi connectivity index (χ2n) is 6.25. The van der Waals surface area contributed by atoms with Crippen LogP contribution < -0.4 is 5.32 Å². The van der Waals surface area contributed by atoms with Gasteiger partial charge in [-0.15, -0.1) is 11.3 Å². The molecule has 0 aliphatic heterocycles. The molecular formula is C15H20BrN3O2S. The molecule has 2 rings (SSSR count). The second kappa shape index (κ2) is 6.93. The lowest BCUT2D eigenvalue weighted by molar-refractivity contribution is -0.117. The molecule has 0 fully saturated rings. The Balaban J connectivity index is 1.86. The van der Waals surface area contributed by atoms with Crippen molar-refractivity contribution in [1.82, 2.24) is 10.1 Å².